The highest BCUT2D eigenvalue weighted by Crippen LogP contribution is 2.26. The summed E-state index contributed by atoms with van der Waals surface area (Å²) in [5.74, 6) is -0.444. The maximum Gasteiger partial charge on any atom is 0.320 e. The van der Waals surface area contributed by atoms with E-state index in [0.717, 1.165) is 19.3 Å². The zero-order chi connectivity index (χ0) is 18.5. The standard InChI is InChI=1S/C19H28O6/c1-4-23-18(20)15(19(21)24-5-2)11-7-6-10-14-25-17-13-9-8-12-16(17)22-3/h8-9,12-13,15H,4-7,10-11,14H2,1-3H3. The van der Waals surface area contributed by atoms with Gasteiger partial charge in [0.1, 0.15) is 0 Å². The number of hydrogen-bond donors (Lipinski definition) is 0. The van der Waals surface area contributed by atoms with Gasteiger partial charge in [-0.05, 0) is 38.8 Å². The van der Waals surface area contributed by atoms with E-state index in [1.165, 1.54) is 0 Å². The predicted octanol–water partition coefficient (Wildman–Crippen LogP) is 3.38. The molecule has 1 aromatic rings. The largest absolute Gasteiger partial charge is 0.493 e. The number of rotatable bonds is 12. The van der Waals surface area contributed by atoms with Crippen LogP contribution < -0.4 is 9.47 Å². The molecule has 0 fully saturated rings. The van der Waals surface area contributed by atoms with Crippen LogP contribution in [-0.2, 0) is 19.1 Å². The monoisotopic (exact) mass is 352 g/mol. The molecule has 0 spiro atoms. The average Bonchev–Trinajstić information content (AvgIpc) is 2.61. The maximum absolute atomic E-state index is 11.9. The third-order valence-corrected chi connectivity index (χ3v) is 3.61. The van der Waals surface area contributed by atoms with Gasteiger partial charge in [0.15, 0.2) is 17.4 Å². The van der Waals surface area contributed by atoms with Gasteiger partial charge in [0.05, 0.1) is 26.9 Å². The second-order valence-electron chi connectivity index (χ2n) is 5.41. The smallest absolute Gasteiger partial charge is 0.320 e. The van der Waals surface area contributed by atoms with Crippen molar-refractivity contribution in [1.29, 1.82) is 0 Å². The Kier molecular flexibility index (Phi) is 10.1. The van der Waals surface area contributed by atoms with Crippen molar-refractivity contribution < 1.29 is 28.5 Å². The Morgan fingerprint density at radius 3 is 2.08 bits per heavy atom. The van der Waals surface area contributed by atoms with Gasteiger partial charge in [-0.3, -0.25) is 9.59 Å². The van der Waals surface area contributed by atoms with Gasteiger partial charge in [-0.25, -0.2) is 0 Å². The number of hydrogen-bond acceptors (Lipinski definition) is 6. The fourth-order valence-electron chi connectivity index (χ4n) is 2.37. The van der Waals surface area contributed by atoms with Crippen LogP contribution in [0.2, 0.25) is 0 Å². The maximum atomic E-state index is 11.9. The van der Waals surface area contributed by atoms with Gasteiger partial charge in [-0.15, -0.1) is 0 Å². The first-order chi connectivity index (χ1) is 12.1. The van der Waals surface area contributed by atoms with E-state index in [1.807, 2.05) is 24.3 Å². The first kappa shape index (κ1) is 20.8. The highest BCUT2D eigenvalue weighted by molar-refractivity contribution is 5.94. The van der Waals surface area contributed by atoms with E-state index >= 15 is 0 Å². The Bertz CT molecular complexity index is 510. The molecule has 0 N–H and O–H groups in total. The molecule has 0 aliphatic carbocycles. The first-order valence-corrected chi connectivity index (χ1v) is 8.73. The molecule has 140 valence electrons. The topological polar surface area (TPSA) is 71.1 Å². The van der Waals surface area contributed by atoms with E-state index in [4.69, 9.17) is 18.9 Å². The van der Waals surface area contributed by atoms with Crippen LogP contribution in [-0.4, -0.2) is 38.9 Å². The van der Waals surface area contributed by atoms with Crippen molar-refractivity contribution in [2.24, 2.45) is 5.92 Å². The lowest BCUT2D eigenvalue weighted by Crippen LogP contribution is -2.28. The van der Waals surface area contributed by atoms with Crippen molar-refractivity contribution >= 4 is 11.9 Å². The number of benzene rings is 1. The molecule has 0 saturated carbocycles. The molecule has 1 aromatic carbocycles. The fourth-order valence-corrected chi connectivity index (χ4v) is 2.37. The molecule has 0 aromatic heterocycles. The number of esters is 2. The predicted molar refractivity (Wildman–Crippen MR) is 93.7 cm³/mol. The molecule has 0 radical (unpaired) electrons. The number of methoxy groups -OCH3 is 1. The minimum atomic E-state index is -0.838. The lowest BCUT2D eigenvalue weighted by Gasteiger charge is -2.14. The summed E-state index contributed by atoms with van der Waals surface area (Å²) in [4.78, 5) is 23.7. The molecule has 6 heteroatoms. The number of ether oxygens (including phenoxy) is 4. The molecule has 0 saturated heterocycles. The summed E-state index contributed by atoms with van der Waals surface area (Å²) in [6.45, 7) is 4.48. The third-order valence-electron chi connectivity index (χ3n) is 3.61. The molecule has 0 unspecified atom stereocenters. The summed E-state index contributed by atoms with van der Waals surface area (Å²) < 4.78 is 20.8. The van der Waals surface area contributed by atoms with E-state index in [0.29, 0.717) is 24.5 Å². The molecule has 0 heterocycles. The Morgan fingerprint density at radius 2 is 1.52 bits per heavy atom. The van der Waals surface area contributed by atoms with Crippen LogP contribution in [0.3, 0.4) is 0 Å². The second kappa shape index (κ2) is 12.2. The van der Waals surface area contributed by atoms with Crippen molar-refractivity contribution in [2.45, 2.75) is 39.5 Å². The minimum Gasteiger partial charge on any atom is -0.493 e. The molecular weight excluding hydrogens is 324 g/mol. The van der Waals surface area contributed by atoms with E-state index in [2.05, 4.69) is 0 Å². The van der Waals surface area contributed by atoms with E-state index in [9.17, 15) is 9.59 Å². The van der Waals surface area contributed by atoms with Gasteiger partial charge in [-0.2, -0.15) is 0 Å². The molecule has 25 heavy (non-hydrogen) atoms. The summed E-state index contributed by atoms with van der Waals surface area (Å²) in [6.07, 6.45) is 2.80. The molecular formula is C19H28O6. The van der Waals surface area contributed by atoms with Gasteiger partial charge in [0, 0.05) is 0 Å². The molecule has 0 aliphatic rings. The molecule has 0 amide bonds. The van der Waals surface area contributed by atoms with Crippen LogP contribution in [0, 0.1) is 5.92 Å². The Labute approximate surface area is 149 Å². The summed E-state index contributed by atoms with van der Waals surface area (Å²) in [5.41, 5.74) is 0. The van der Waals surface area contributed by atoms with E-state index in [1.54, 1.807) is 21.0 Å². The number of carbonyl (C=O) groups excluding carboxylic acids is 2. The fraction of sp³-hybridized carbons (Fsp3) is 0.579. The highest BCUT2D eigenvalue weighted by Gasteiger charge is 2.28. The van der Waals surface area contributed by atoms with Crippen molar-refractivity contribution in [3.05, 3.63) is 24.3 Å². The average molecular weight is 352 g/mol. The normalized spacial score (nSPS) is 10.4. The van der Waals surface area contributed by atoms with Crippen LogP contribution in [0.5, 0.6) is 11.5 Å². The molecule has 0 atom stereocenters. The quantitative estimate of drug-likeness (QED) is 0.326. The number of para-hydroxylation sites is 2. The Hall–Kier alpha value is -2.24. The van der Waals surface area contributed by atoms with Crippen LogP contribution >= 0.6 is 0 Å². The summed E-state index contributed by atoms with van der Waals surface area (Å²) in [6, 6.07) is 7.48. The zero-order valence-corrected chi connectivity index (χ0v) is 15.3. The molecule has 0 bridgehead atoms. The number of carbonyl (C=O) groups is 2. The summed E-state index contributed by atoms with van der Waals surface area (Å²) >= 11 is 0. The molecule has 1 rings (SSSR count). The second-order valence-corrected chi connectivity index (χ2v) is 5.41. The molecule has 6 nitrogen and oxygen atoms in total. The van der Waals surface area contributed by atoms with Crippen LogP contribution in [0.25, 0.3) is 0 Å². The first-order valence-electron chi connectivity index (χ1n) is 8.73. The third kappa shape index (κ3) is 7.45. The van der Waals surface area contributed by atoms with Gasteiger partial charge in [0.25, 0.3) is 0 Å². The molecule has 0 aliphatic heterocycles. The highest BCUT2D eigenvalue weighted by atomic mass is 16.6. The Balaban J connectivity index is 2.33. The van der Waals surface area contributed by atoms with Gasteiger partial charge >= 0.3 is 11.9 Å². The SMILES string of the molecule is CCOC(=O)C(CCCCCOc1ccccc1OC)C(=O)OCC. The zero-order valence-electron chi connectivity index (χ0n) is 15.3. The van der Waals surface area contributed by atoms with E-state index < -0.39 is 17.9 Å². The number of unbranched alkanes of at least 4 members (excludes halogenated alkanes) is 2. The van der Waals surface area contributed by atoms with Crippen LogP contribution in [0.15, 0.2) is 24.3 Å². The van der Waals surface area contributed by atoms with Gasteiger partial charge < -0.3 is 18.9 Å². The van der Waals surface area contributed by atoms with Crippen molar-refractivity contribution in [3.8, 4) is 11.5 Å². The van der Waals surface area contributed by atoms with Crippen molar-refractivity contribution in [2.75, 3.05) is 26.9 Å². The van der Waals surface area contributed by atoms with Crippen LogP contribution in [0.4, 0.5) is 0 Å². The lowest BCUT2D eigenvalue weighted by molar-refractivity contribution is -0.161. The minimum absolute atomic E-state index is 0.251. The van der Waals surface area contributed by atoms with Gasteiger partial charge in [0.2, 0.25) is 0 Å². The van der Waals surface area contributed by atoms with Crippen molar-refractivity contribution in [3.63, 3.8) is 0 Å². The Morgan fingerprint density at radius 1 is 0.920 bits per heavy atom. The van der Waals surface area contributed by atoms with E-state index in [-0.39, 0.29) is 13.2 Å². The van der Waals surface area contributed by atoms with Crippen molar-refractivity contribution in [1.82, 2.24) is 0 Å². The summed E-state index contributed by atoms with van der Waals surface area (Å²) in [7, 11) is 1.60. The van der Waals surface area contributed by atoms with Gasteiger partial charge in [-0.1, -0.05) is 25.0 Å². The lowest BCUT2D eigenvalue weighted by atomic mass is 10.0. The van der Waals surface area contributed by atoms with Crippen LogP contribution in [0.1, 0.15) is 39.5 Å². The summed E-state index contributed by atoms with van der Waals surface area (Å²) in [5, 5.41) is 0.